The van der Waals surface area contributed by atoms with Crippen molar-refractivity contribution in [1.29, 1.82) is 0 Å². The Bertz CT molecular complexity index is 522. The normalized spacial score (nSPS) is 11.9. The fourth-order valence-electron chi connectivity index (χ4n) is 1.70. The van der Waals surface area contributed by atoms with Crippen LogP contribution < -0.4 is 10.6 Å². The zero-order valence-electron chi connectivity index (χ0n) is 10.4. The molecule has 1 aromatic carbocycles. The summed E-state index contributed by atoms with van der Waals surface area (Å²) in [7, 11) is 0. The minimum Gasteiger partial charge on any atom is -0.467 e. The Balaban J connectivity index is 1.93. The molecule has 0 unspecified atom stereocenters. The molecular weight excluding hydrogens is 244 g/mol. The highest BCUT2D eigenvalue weighted by molar-refractivity contribution is 7.80. The van der Waals surface area contributed by atoms with Crippen LogP contribution in [0.2, 0.25) is 0 Å². The van der Waals surface area contributed by atoms with Crippen molar-refractivity contribution in [2.75, 3.05) is 5.32 Å². The van der Waals surface area contributed by atoms with Crippen LogP contribution in [0.25, 0.3) is 0 Å². The van der Waals surface area contributed by atoms with Gasteiger partial charge in [-0.2, -0.15) is 0 Å². The first-order valence-electron chi connectivity index (χ1n) is 5.83. The quantitative estimate of drug-likeness (QED) is 0.826. The van der Waals surface area contributed by atoms with Crippen LogP contribution in [0.3, 0.4) is 0 Å². The number of nitrogens with one attached hydrogen (secondary N) is 2. The summed E-state index contributed by atoms with van der Waals surface area (Å²) in [6, 6.07) is 11.9. The fraction of sp³-hybridized carbons (Fsp3) is 0.214. The van der Waals surface area contributed by atoms with Crippen molar-refractivity contribution in [3.63, 3.8) is 0 Å². The summed E-state index contributed by atoms with van der Waals surface area (Å²) in [4.78, 5) is 0. The lowest BCUT2D eigenvalue weighted by atomic mass is 10.2. The van der Waals surface area contributed by atoms with E-state index in [0.717, 1.165) is 11.4 Å². The van der Waals surface area contributed by atoms with E-state index in [1.54, 1.807) is 6.26 Å². The SMILES string of the molecule is Cc1cccc(NC(=S)N[C@@H](C)c2ccco2)c1. The molecule has 1 heterocycles. The molecule has 18 heavy (non-hydrogen) atoms. The summed E-state index contributed by atoms with van der Waals surface area (Å²) in [5.74, 6) is 0.864. The first-order chi connectivity index (χ1) is 8.65. The number of rotatable bonds is 3. The van der Waals surface area contributed by atoms with Gasteiger partial charge in [0, 0.05) is 5.69 Å². The Morgan fingerprint density at radius 1 is 1.28 bits per heavy atom. The van der Waals surface area contributed by atoms with Gasteiger partial charge in [0.2, 0.25) is 0 Å². The zero-order valence-corrected chi connectivity index (χ0v) is 11.3. The van der Waals surface area contributed by atoms with Crippen molar-refractivity contribution in [1.82, 2.24) is 5.32 Å². The molecule has 0 aliphatic rings. The third-order valence-corrected chi connectivity index (χ3v) is 2.81. The molecule has 4 heteroatoms. The monoisotopic (exact) mass is 260 g/mol. The standard InChI is InChI=1S/C14H16N2OS/c1-10-5-3-6-12(9-10)16-14(18)15-11(2)13-7-4-8-17-13/h3-9,11H,1-2H3,(H2,15,16,18)/t11-/m0/s1. The highest BCUT2D eigenvalue weighted by Crippen LogP contribution is 2.13. The van der Waals surface area contributed by atoms with E-state index in [4.69, 9.17) is 16.6 Å². The van der Waals surface area contributed by atoms with E-state index in [2.05, 4.69) is 10.6 Å². The van der Waals surface area contributed by atoms with Crippen LogP contribution in [0.15, 0.2) is 47.1 Å². The summed E-state index contributed by atoms with van der Waals surface area (Å²) in [6.45, 7) is 4.05. The topological polar surface area (TPSA) is 37.2 Å². The van der Waals surface area contributed by atoms with Gasteiger partial charge in [0.25, 0.3) is 0 Å². The lowest BCUT2D eigenvalue weighted by Crippen LogP contribution is -2.30. The second-order valence-electron chi connectivity index (χ2n) is 4.21. The predicted molar refractivity (Wildman–Crippen MR) is 77.7 cm³/mol. The maximum Gasteiger partial charge on any atom is 0.171 e. The summed E-state index contributed by atoms with van der Waals surface area (Å²) in [5, 5.41) is 6.92. The first kappa shape index (κ1) is 12.6. The van der Waals surface area contributed by atoms with Crippen molar-refractivity contribution >= 4 is 23.0 Å². The van der Waals surface area contributed by atoms with E-state index in [9.17, 15) is 0 Å². The lowest BCUT2D eigenvalue weighted by Gasteiger charge is -2.15. The molecule has 0 aliphatic heterocycles. The van der Waals surface area contributed by atoms with Crippen molar-refractivity contribution in [3.05, 3.63) is 54.0 Å². The van der Waals surface area contributed by atoms with Gasteiger partial charge >= 0.3 is 0 Å². The van der Waals surface area contributed by atoms with Gasteiger partial charge < -0.3 is 15.1 Å². The van der Waals surface area contributed by atoms with Crippen LogP contribution in [-0.2, 0) is 0 Å². The average molecular weight is 260 g/mol. The summed E-state index contributed by atoms with van der Waals surface area (Å²) in [6.07, 6.45) is 1.66. The average Bonchev–Trinajstić information content (AvgIpc) is 2.81. The molecule has 0 radical (unpaired) electrons. The fourth-order valence-corrected chi connectivity index (χ4v) is 1.99. The molecule has 0 aliphatic carbocycles. The molecule has 3 nitrogen and oxygen atoms in total. The van der Waals surface area contributed by atoms with E-state index in [1.807, 2.05) is 50.2 Å². The molecule has 0 bridgehead atoms. The number of benzene rings is 1. The van der Waals surface area contributed by atoms with Crippen LogP contribution in [0.5, 0.6) is 0 Å². The minimum atomic E-state index is 0.0461. The van der Waals surface area contributed by atoms with Gasteiger partial charge in [-0.1, -0.05) is 12.1 Å². The Labute approximate surface area is 112 Å². The number of aryl methyl sites for hydroxylation is 1. The molecule has 1 aromatic heterocycles. The molecule has 2 rings (SSSR count). The summed E-state index contributed by atoms with van der Waals surface area (Å²) < 4.78 is 5.32. The lowest BCUT2D eigenvalue weighted by molar-refractivity contribution is 0.464. The second kappa shape index (κ2) is 5.69. The van der Waals surface area contributed by atoms with Gasteiger partial charge in [-0.05, 0) is 55.9 Å². The van der Waals surface area contributed by atoms with Crippen molar-refractivity contribution < 1.29 is 4.42 Å². The van der Waals surface area contributed by atoms with Crippen molar-refractivity contribution in [3.8, 4) is 0 Å². The van der Waals surface area contributed by atoms with Crippen LogP contribution in [0, 0.1) is 6.92 Å². The van der Waals surface area contributed by atoms with Gasteiger partial charge in [0.1, 0.15) is 5.76 Å². The largest absolute Gasteiger partial charge is 0.467 e. The van der Waals surface area contributed by atoms with E-state index in [-0.39, 0.29) is 6.04 Å². The first-order valence-corrected chi connectivity index (χ1v) is 6.23. The minimum absolute atomic E-state index is 0.0461. The zero-order chi connectivity index (χ0) is 13.0. The Hall–Kier alpha value is -1.81. The van der Waals surface area contributed by atoms with E-state index >= 15 is 0 Å². The molecule has 0 amide bonds. The number of hydrogen-bond donors (Lipinski definition) is 2. The maximum atomic E-state index is 5.32. The molecule has 2 aromatic rings. The third-order valence-electron chi connectivity index (χ3n) is 2.59. The molecule has 0 saturated heterocycles. The molecular formula is C14H16N2OS. The van der Waals surface area contributed by atoms with Gasteiger partial charge in [0.05, 0.1) is 12.3 Å². The van der Waals surface area contributed by atoms with Crippen LogP contribution in [-0.4, -0.2) is 5.11 Å². The molecule has 94 valence electrons. The maximum absolute atomic E-state index is 5.32. The number of thiocarbonyl (C=S) groups is 1. The Morgan fingerprint density at radius 3 is 2.78 bits per heavy atom. The molecule has 0 spiro atoms. The number of furan rings is 1. The van der Waals surface area contributed by atoms with Crippen LogP contribution in [0.1, 0.15) is 24.3 Å². The third kappa shape index (κ3) is 3.34. The molecule has 0 fully saturated rings. The van der Waals surface area contributed by atoms with E-state index < -0.39 is 0 Å². The smallest absolute Gasteiger partial charge is 0.171 e. The molecule has 0 saturated carbocycles. The van der Waals surface area contributed by atoms with Crippen molar-refractivity contribution in [2.24, 2.45) is 0 Å². The number of hydrogen-bond acceptors (Lipinski definition) is 2. The van der Waals surface area contributed by atoms with Gasteiger partial charge in [-0.3, -0.25) is 0 Å². The molecule has 2 N–H and O–H groups in total. The van der Waals surface area contributed by atoms with Crippen LogP contribution >= 0.6 is 12.2 Å². The van der Waals surface area contributed by atoms with E-state index in [1.165, 1.54) is 5.56 Å². The number of anilines is 1. The van der Waals surface area contributed by atoms with Crippen LogP contribution in [0.4, 0.5) is 5.69 Å². The Morgan fingerprint density at radius 2 is 2.11 bits per heavy atom. The highest BCUT2D eigenvalue weighted by atomic mass is 32.1. The highest BCUT2D eigenvalue weighted by Gasteiger charge is 2.09. The Kier molecular flexibility index (Phi) is 3.99. The molecule has 1 atom stereocenters. The summed E-state index contributed by atoms with van der Waals surface area (Å²) >= 11 is 5.27. The van der Waals surface area contributed by atoms with Gasteiger partial charge in [-0.15, -0.1) is 0 Å². The van der Waals surface area contributed by atoms with Gasteiger partial charge in [0.15, 0.2) is 5.11 Å². The summed E-state index contributed by atoms with van der Waals surface area (Å²) in [5.41, 5.74) is 2.18. The van der Waals surface area contributed by atoms with Gasteiger partial charge in [-0.25, -0.2) is 0 Å². The van der Waals surface area contributed by atoms with Crippen molar-refractivity contribution in [2.45, 2.75) is 19.9 Å². The second-order valence-corrected chi connectivity index (χ2v) is 4.61. The predicted octanol–water partition coefficient (Wildman–Crippen LogP) is 3.64. The van der Waals surface area contributed by atoms with E-state index in [0.29, 0.717) is 5.11 Å².